The number of H-pyrrole nitrogens is 1. The van der Waals surface area contributed by atoms with E-state index in [0.29, 0.717) is 26.1 Å². The number of aryl methyl sites for hydroxylation is 2. The molecule has 1 atom stereocenters. The number of hydrogen-bond donors (Lipinski definition) is 2. The van der Waals surface area contributed by atoms with Crippen molar-refractivity contribution in [2.75, 3.05) is 18.5 Å². The van der Waals surface area contributed by atoms with Crippen LogP contribution in [0.15, 0.2) is 27.8 Å². The van der Waals surface area contributed by atoms with Crippen molar-refractivity contribution in [2.45, 2.75) is 45.7 Å². The first-order chi connectivity index (χ1) is 12.0. The van der Waals surface area contributed by atoms with Crippen molar-refractivity contribution in [3.05, 3.63) is 55.9 Å². The van der Waals surface area contributed by atoms with Gasteiger partial charge >= 0.3 is 11.4 Å². The molecule has 7 nitrogen and oxygen atoms in total. The predicted octanol–water partition coefficient (Wildman–Crippen LogP) is 2.07. The summed E-state index contributed by atoms with van der Waals surface area (Å²) < 4.78 is 6.49. The average Bonchev–Trinajstić information content (AvgIpc) is 2.57. The minimum absolute atomic E-state index is 0.0826. The van der Waals surface area contributed by atoms with Gasteiger partial charge in [0.1, 0.15) is 0 Å². The number of hydrogen-bond acceptors (Lipinski definition) is 5. The molecule has 1 fully saturated rings. The minimum atomic E-state index is -0.523. The molecule has 1 aliphatic heterocycles. The molecule has 1 aromatic heterocycles. The summed E-state index contributed by atoms with van der Waals surface area (Å²) in [4.78, 5) is 31.4. The molecular weight excluding hydrogens is 320 g/mol. The van der Waals surface area contributed by atoms with Gasteiger partial charge in [0.15, 0.2) is 0 Å². The average molecular weight is 344 g/mol. The Hall–Kier alpha value is -2.41. The van der Waals surface area contributed by atoms with Gasteiger partial charge in [-0.05, 0) is 50.3 Å². The van der Waals surface area contributed by atoms with E-state index in [1.165, 1.54) is 15.7 Å². The Morgan fingerprint density at radius 3 is 2.60 bits per heavy atom. The molecule has 2 N–H and O–H groups in total. The van der Waals surface area contributed by atoms with Crippen LogP contribution in [0.4, 0.5) is 5.95 Å². The second-order valence-corrected chi connectivity index (χ2v) is 6.60. The van der Waals surface area contributed by atoms with Crippen LogP contribution in [0.3, 0.4) is 0 Å². The Bertz CT molecular complexity index is 834. The molecule has 1 saturated heterocycles. The molecule has 0 radical (unpaired) electrons. The predicted molar refractivity (Wildman–Crippen MR) is 96.2 cm³/mol. The van der Waals surface area contributed by atoms with Gasteiger partial charge in [-0.15, -0.1) is 0 Å². The van der Waals surface area contributed by atoms with Crippen molar-refractivity contribution < 1.29 is 4.74 Å². The van der Waals surface area contributed by atoms with E-state index in [4.69, 9.17) is 4.74 Å². The third kappa shape index (κ3) is 3.82. The third-order valence-electron chi connectivity index (χ3n) is 4.80. The largest absolute Gasteiger partial charge is 0.381 e. The second-order valence-electron chi connectivity index (χ2n) is 6.60. The van der Waals surface area contributed by atoms with E-state index in [2.05, 4.69) is 41.3 Å². The van der Waals surface area contributed by atoms with Gasteiger partial charge in [-0.2, -0.15) is 4.98 Å². The molecular formula is C18H24N4O3. The maximum atomic E-state index is 12.4. The summed E-state index contributed by atoms with van der Waals surface area (Å²) >= 11 is 0. The number of nitrogens with zero attached hydrogens (tertiary/aromatic N) is 2. The minimum Gasteiger partial charge on any atom is -0.381 e. The van der Waals surface area contributed by atoms with Gasteiger partial charge < -0.3 is 10.1 Å². The van der Waals surface area contributed by atoms with Gasteiger partial charge in [0, 0.05) is 19.3 Å². The summed E-state index contributed by atoms with van der Waals surface area (Å²) in [5.74, 6) is 0.198. The summed E-state index contributed by atoms with van der Waals surface area (Å²) in [7, 11) is 0. The lowest BCUT2D eigenvalue weighted by atomic mass is 10.0. The van der Waals surface area contributed by atoms with Gasteiger partial charge in [-0.25, -0.2) is 14.2 Å². The van der Waals surface area contributed by atoms with Crippen molar-refractivity contribution in [2.24, 2.45) is 0 Å². The molecule has 7 heteroatoms. The maximum absolute atomic E-state index is 12.4. The van der Waals surface area contributed by atoms with E-state index >= 15 is 0 Å². The number of ether oxygens (including phenoxy) is 1. The van der Waals surface area contributed by atoms with Crippen molar-refractivity contribution in [3.8, 4) is 0 Å². The Balaban J connectivity index is 1.82. The monoisotopic (exact) mass is 344 g/mol. The fourth-order valence-electron chi connectivity index (χ4n) is 3.08. The molecule has 1 aromatic carbocycles. The van der Waals surface area contributed by atoms with E-state index in [0.717, 1.165) is 5.56 Å². The molecule has 0 bridgehead atoms. The third-order valence-corrected chi connectivity index (χ3v) is 4.80. The van der Waals surface area contributed by atoms with Crippen molar-refractivity contribution >= 4 is 5.95 Å². The molecule has 0 saturated carbocycles. The van der Waals surface area contributed by atoms with E-state index in [-0.39, 0.29) is 18.0 Å². The molecule has 0 amide bonds. The molecule has 0 aliphatic carbocycles. The first kappa shape index (κ1) is 17.4. The fraction of sp³-hybridized carbons (Fsp3) is 0.500. The lowest BCUT2D eigenvalue weighted by Gasteiger charge is -2.23. The highest BCUT2D eigenvalue weighted by Gasteiger charge is 2.20. The molecule has 0 unspecified atom stereocenters. The Morgan fingerprint density at radius 2 is 1.96 bits per heavy atom. The summed E-state index contributed by atoms with van der Waals surface area (Å²) in [6.45, 7) is 7.20. The quantitative estimate of drug-likeness (QED) is 0.886. The lowest BCUT2D eigenvalue weighted by molar-refractivity contribution is 0.0670. The number of aromatic amines is 1. The van der Waals surface area contributed by atoms with Crippen LogP contribution >= 0.6 is 0 Å². The molecule has 2 heterocycles. The SMILES string of the molecule is Cc1ccc([C@H](C)Nc2nc(=O)n(C3CCOCC3)c(=O)[nH]2)cc1C. The molecule has 134 valence electrons. The molecule has 2 aromatic rings. The van der Waals surface area contributed by atoms with E-state index in [1.54, 1.807) is 0 Å². The zero-order valence-electron chi connectivity index (χ0n) is 14.8. The van der Waals surface area contributed by atoms with Crippen LogP contribution in [0.5, 0.6) is 0 Å². The highest BCUT2D eigenvalue weighted by Crippen LogP contribution is 2.20. The zero-order valence-corrected chi connectivity index (χ0v) is 14.8. The van der Waals surface area contributed by atoms with Gasteiger partial charge in [0.05, 0.1) is 6.04 Å². The summed E-state index contributed by atoms with van der Waals surface area (Å²) in [5, 5.41) is 3.11. The Morgan fingerprint density at radius 1 is 1.24 bits per heavy atom. The van der Waals surface area contributed by atoms with Gasteiger partial charge in [-0.1, -0.05) is 18.2 Å². The normalized spacial score (nSPS) is 16.6. The summed E-state index contributed by atoms with van der Waals surface area (Å²) in [6, 6.07) is 5.95. The van der Waals surface area contributed by atoms with Crippen LogP contribution in [0.1, 0.15) is 48.5 Å². The van der Waals surface area contributed by atoms with E-state index < -0.39 is 11.4 Å². The number of aromatic nitrogens is 3. The second kappa shape index (κ2) is 7.23. The standard InChI is InChI=1S/C18H24N4O3/c1-11-4-5-14(10-12(11)2)13(3)19-16-20-17(23)22(18(24)21-16)15-6-8-25-9-7-15/h4-5,10,13,15H,6-9H2,1-3H3,(H2,19,20,21,23,24)/t13-/m0/s1. The number of anilines is 1. The highest BCUT2D eigenvalue weighted by atomic mass is 16.5. The van der Waals surface area contributed by atoms with Gasteiger partial charge in [-0.3, -0.25) is 4.98 Å². The molecule has 3 rings (SSSR count). The van der Waals surface area contributed by atoms with Gasteiger partial charge in [0.2, 0.25) is 5.95 Å². The summed E-state index contributed by atoms with van der Waals surface area (Å²) in [6.07, 6.45) is 1.30. The Kier molecular flexibility index (Phi) is 5.03. The van der Waals surface area contributed by atoms with Gasteiger partial charge in [0.25, 0.3) is 0 Å². The molecule has 1 aliphatic rings. The number of benzene rings is 1. The number of nitrogens with one attached hydrogen (secondary N) is 2. The van der Waals surface area contributed by atoms with Crippen LogP contribution in [0, 0.1) is 13.8 Å². The molecule has 25 heavy (non-hydrogen) atoms. The topological polar surface area (TPSA) is 89.0 Å². The van der Waals surface area contributed by atoms with E-state index in [1.807, 2.05) is 13.0 Å². The van der Waals surface area contributed by atoms with Crippen LogP contribution < -0.4 is 16.7 Å². The zero-order chi connectivity index (χ0) is 18.0. The number of rotatable bonds is 4. The highest BCUT2D eigenvalue weighted by molar-refractivity contribution is 5.35. The van der Waals surface area contributed by atoms with Crippen molar-refractivity contribution in [3.63, 3.8) is 0 Å². The van der Waals surface area contributed by atoms with Crippen molar-refractivity contribution in [1.82, 2.24) is 14.5 Å². The Labute approximate surface area is 146 Å². The van der Waals surface area contributed by atoms with E-state index in [9.17, 15) is 9.59 Å². The smallest absolute Gasteiger partial charge is 0.355 e. The first-order valence-corrected chi connectivity index (χ1v) is 8.60. The van der Waals surface area contributed by atoms with Crippen LogP contribution in [-0.2, 0) is 4.74 Å². The molecule has 0 spiro atoms. The maximum Gasteiger partial charge on any atom is 0.355 e. The fourth-order valence-corrected chi connectivity index (χ4v) is 3.08. The van der Waals surface area contributed by atoms with Crippen LogP contribution in [0.2, 0.25) is 0 Å². The first-order valence-electron chi connectivity index (χ1n) is 8.60. The van der Waals surface area contributed by atoms with Crippen molar-refractivity contribution in [1.29, 1.82) is 0 Å². The summed E-state index contributed by atoms with van der Waals surface area (Å²) in [5.41, 5.74) is 2.54. The van der Waals surface area contributed by atoms with Crippen LogP contribution in [-0.4, -0.2) is 27.7 Å². The van der Waals surface area contributed by atoms with Crippen LogP contribution in [0.25, 0.3) is 0 Å². The lowest BCUT2D eigenvalue weighted by Crippen LogP contribution is -2.42.